The van der Waals surface area contributed by atoms with Crippen molar-refractivity contribution >= 4 is 101 Å². The molecule has 2 fully saturated rings. The maximum absolute atomic E-state index is 14.6. The van der Waals surface area contributed by atoms with Crippen LogP contribution in [0.4, 0.5) is 0 Å². The van der Waals surface area contributed by atoms with Crippen molar-refractivity contribution in [3.8, 4) is 5.75 Å². The number of rotatable bonds is 37. The highest BCUT2D eigenvalue weighted by Crippen LogP contribution is 2.22. The number of carboxylic acid groups (broad SMARTS) is 2. The number of aliphatic imine (C=N–C) groups is 1. The number of hydrogen-bond acceptors (Lipinski definition) is 18. The number of carbonyl (C=O) groups is 14. The second-order valence-corrected chi connectivity index (χ2v) is 22.9. The number of guanidine groups is 1. The van der Waals surface area contributed by atoms with Crippen LogP contribution in [0.5, 0.6) is 5.75 Å². The molecule has 0 radical (unpaired) electrons. The van der Waals surface area contributed by atoms with Gasteiger partial charge in [0.25, 0.3) is 0 Å². The molecule has 92 heavy (non-hydrogen) atoms. The summed E-state index contributed by atoms with van der Waals surface area (Å²) in [6.07, 6.45) is -2.41. The van der Waals surface area contributed by atoms with E-state index in [4.69, 9.17) is 28.7 Å². The van der Waals surface area contributed by atoms with E-state index in [1.807, 2.05) is 0 Å². The highest BCUT2D eigenvalue weighted by Gasteiger charge is 2.42. The van der Waals surface area contributed by atoms with Crippen LogP contribution < -0.4 is 71.2 Å². The Morgan fingerprint density at radius 2 is 1.08 bits per heavy atom. The molecule has 2 aromatic rings. The number of phenolic OH excluding ortho intramolecular Hbond substituents is 1. The van der Waals surface area contributed by atoms with Crippen LogP contribution in [0.2, 0.25) is 0 Å². The molecule has 0 bridgehead atoms. The Balaban J connectivity index is 1.50. The van der Waals surface area contributed by atoms with Crippen LogP contribution in [0.15, 0.2) is 59.6 Å². The quantitative estimate of drug-likeness (QED) is 0.0130. The lowest BCUT2D eigenvalue weighted by molar-refractivity contribution is -0.144. The largest absolute Gasteiger partial charge is 0.508 e. The predicted molar refractivity (Wildman–Crippen MR) is 331 cm³/mol. The van der Waals surface area contributed by atoms with E-state index in [1.54, 1.807) is 44.2 Å². The van der Waals surface area contributed by atoms with E-state index in [2.05, 4.69) is 60.2 Å². The average molecular weight is 1310 g/mol. The number of aromatic hydroxyl groups is 1. The topological polar surface area (TPSA) is 545 Å². The molecule has 2 aliphatic rings. The van der Waals surface area contributed by atoms with Crippen molar-refractivity contribution in [1.29, 1.82) is 0 Å². The Morgan fingerprint density at radius 1 is 0.576 bits per heavy atom. The van der Waals surface area contributed by atoms with E-state index in [1.165, 1.54) is 24.3 Å². The fourth-order valence-corrected chi connectivity index (χ4v) is 10.3. The SMILES string of the molecule is CC(C)C(N)C(=O)NC(CCC(=O)O)C(=O)NC(CS)C(=O)NC(Cc1ccc(O)cc1)C(=O)NCC(=O)N1CCCC1C(=O)NC(CC(N)=O)C(=O)NC(CCCN=C(N)N)C(=O)N1CCCC1C(=O)NC(CCC(N)=O)C(=O)NC(Cc1ccccc1)C(=O)O. The Bertz CT molecular complexity index is 3010. The molecule has 34 heteroatoms. The average Bonchev–Trinajstić information content (AvgIpc) is 1.70. The zero-order valence-electron chi connectivity index (χ0n) is 51.0. The summed E-state index contributed by atoms with van der Waals surface area (Å²) >= 11 is 4.20. The smallest absolute Gasteiger partial charge is 0.326 e. The minimum absolute atomic E-state index is 0.0291. The number of nitrogens with one attached hydrogen (secondary N) is 8. The molecule has 4 rings (SSSR count). The third-order valence-corrected chi connectivity index (χ3v) is 15.4. The molecule has 0 aromatic heterocycles. The van der Waals surface area contributed by atoms with Crippen molar-refractivity contribution in [2.24, 2.45) is 39.6 Å². The third kappa shape index (κ3) is 24.3. The molecule has 0 saturated carbocycles. The molecular formula is C58H84N16O17S. The summed E-state index contributed by atoms with van der Waals surface area (Å²) in [6, 6.07) is -0.341. The summed E-state index contributed by atoms with van der Waals surface area (Å²) in [5.74, 6) is -14.8. The van der Waals surface area contributed by atoms with Crippen LogP contribution in [0.25, 0.3) is 0 Å². The number of likely N-dealkylation sites (tertiary alicyclic amines) is 2. The molecular weight excluding hydrogens is 1220 g/mol. The monoisotopic (exact) mass is 1310 g/mol. The maximum atomic E-state index is 14.6. The first-order valence-electron chi connectivity index (χ1n) is 29.7. The Morgan fingerprint density at radius 3 is 1.64 bits per heavy atom. The molecule has 0 aliphatic carbocycles. The summed E-state index contributed by atoms with van der Waals surface area (Å²) < 4.78 is 0. The second-order valence-electron chi connectivity index (χ2n) is 22.5. The van der Waals surface area contributed by atoms with Crippen LogP contribution in [0, 0.1) is 5.92 Å². The van der Waals surface area contributed by atoms with Gasteiger partial charge in [0.1, 0.15) is 60.1 Å². The van der Waals surface area contributed by atoms with E-state index < -0.39 is 169 Å². The summed E-state index contributed by atoms with van der Waals surface area (Å²) in [5.41, 5.74) is 28.9. The minimum Gasteiger partial charge on any atom is -0.508 e. The molecule has 2 aromatic carbocycles. The second kappa shape index (κ2) is 36.9. The number of hydrogen-bond donors (Lipinski definition) is 17. The van der Waals surface area contributed by atoms with Crippen molar-refractivity contribution in [3.63, 3.8) is 0 Å². The minimum atomic E-state index is -1.77. The number of primary amides is 2. The number of nitrogens with zero attached hydrogens (tertiary/aromatic N) is 3. The molecule has 10 unspecified atom stereocenters. The van der Waals surface area contributed by atoms with Gasteiger partial charge in [0, 0.05) is 51.1 Å². The van der Waals surface area contributed by atoms with Crippen LogP contribution in [-0.2, 0) is 80.0 Å². The highest BCUT2D eigenvalue weighted by atomic mass is 32.1. The zero-order chi connectivity index (χ0) is 68.4. The van der Waals surface area contributed by atoms with Crippen molar-refractivity contribution in [2.45, 2.75) is 158 Å². The summed E-state index contributed by atoms with van der Waals surface area (Å²) in [6.45, 7) is 2.44. The van der Waals surface area contributed by atoms with Crippen LogP contribution in [0.3, 0.4) is 0 Å². The van der Waals surface area contributed by atoms with Crippen molar-refractivity contribution < 1.29 is 82.4 Å². The van der Waals surface area contributed by atoms with Gasteiger partial charge in [0.05, 0.1) is 19.0 Å². The normalized spacial score (nSPS) is 16.9. The van der Waals surface area contributed by atoms with Gasteiger partial charge in [-0.25, -0.2) is 4.79 Å². The van der Waals surface area contributed by atoms with Gasteiger partial charge in [-0.05, 0) is 80.5 Å². The molecule has 21 N–H and O–H groups in total. The third-order valence-electron chi connectivity index (χ3n) is 15.1. The molecule has 2 heterocycles. The van der Waals surface area contributed by atoms with E-state index in [0.717, 1.165) is 9.80 Å². The standard InChI is InChI=1S/C58H84N16O17S/c1-30(2)47(61)55(88)67-35(19-21-46(79)80)50(83)72-40(29-92)52(85)69-37(25-32-14-16-33(75)17-15-32)48(81)65-28-45(78)73-23-7-12-41(73)53(86)70-38(27-44(60)77)51(84)68-36(11-6-22-64-58(62)63)56(89)74-24-8-13-42(74)54(87)66-34(18-20-43(59)76)49(82)71-39(57(90)91)26-31-9-4-3-5-10-31/h3-5,9-10,14-17,30,34-42,47,75,92H,6-8,11-13,18-29,61H2,1-2H3,(H2,59,76)(H2,60,77)(H,65,81)(H,66,87)(H,67,88)(H,68,84)(H,69,85)(H,70,86)(H,71,82)(H,72,83)(H,79,80)(H,90,91)(H4,62,63,64). The maximum Gasteiger partial charge on any atom is 0.326 e. The lowest BCUT2D eigenvalue weighted by Crippen LogP contribution is -2.60. The van der Waals surface area contributed by atoms with Crippen molar-refractivity contribution in [3.05, 3.63) is 65.7 Å². The first kappa shape index (κ1) is 74.9. The fourth-order valence-electron chi connectivity index (χ4n) is 10.0. The molecule has 12 amide bonds. The number of nitrogens with two attached hydrogens (primary N) is 5. The van der Waals surface area contributed by atoms with Gasteiger partial charge in [-0.1, -0.05) is 56.3 Å². The fraction of sp³-hybridized carbons (Fsp3) is 0.534. The van der Waals surface area contributed by atoms with Gasteiger partial charge in [-0.3, -0.25) is 67.3 Å². The molecule has 2 saturated heterocycles. The first-order chi connectivity index (χ1) is 43.5. The first-order valence-corrected chi connectivity index (χ1v) is 30.4. The lowest BCUT2D eigenvalue weighted by atomic mass is 10.0. The molecule has 10 atom stereocenters. The molecule has 0 spiro atoms. The number of carboxylic acids is 2. The summed E-state index contributed by atoms with van der Waals surface area (Å²) in [7, 11) is 0. The van der Waals surface area contributed by atoms with Gasteiger partial charge < -0.3 is 96.3 Å². The predicted octanol–water partition coefficient (Wildman–Crippen LogP) is -5.27. The van der Waals surface area contributed by atoms with Gasteiger partial charge in [0.15, 0.2) is 5.96 Å². The molecule has 33 nitrogen and oxygen atoms in total. The van der Waals surface area contributed by atoms with Gasteiger partial charge in [0.2, 0.25) is 70.9 Å². The molecule has 504 valence electrons. The number of benzene rings is 2. The van der Waals surface area contributed by atoms with Crippen LogP contribution >= 0.6 is 12.6 Å². The Hall–Kier alpha value is -9.60. The highest BCUT2D eigenvalue weighted by molar-refractivity contribution is 7.80. The lowest BCUT2D eigenvalue weighted by Gasteiger charge is -2.31. The van der Waals surface area contributed by atoms with Crippen LogP contribution in [0.1, 0.15) is 95.6 Å². The Kier molecular flexibility index (Phi) is 30.0. The van der Waals surface area contributed by atoms with E-state index in [9.17, 15) is 82.4 Å². The van der Waals surface area contributed by atoms with E-state index in [-0.39, 0.29) is 107 Å². The number of amides is 12. The zero-order valence-corrected chi connectivity index (χ0v) is 51.9. The van der Waals surface area contributed by atoms with Crippen molar-refractivity contribution in [2.75, 3.05) is 31.9 Å². The van der Waals surface area contributed by atoms with E-state index in [0.29, 0.717) is 11.1 Å². The van der Waals surface area contributed by atoms with Gasteiger partial charge >= 0.3 is 11.9 Å². The van der Waals surface area contributed by atoms with Gasteiger partial charge in [-0.2, -0.15) is 12.6 Å². The number of phenols is 1. The number of aliphatic carboxylic acids is 2. The van der Waals surface area contributed by atoms with E-state index >= 15 is 0 Å². The number of carbonyl (C=O) groups excluding carboxylic acids is 12. The van der Waals surface area contributed by atoms with Crippen LogP contribution in [-0.4, -0.2) is 206 Å². The molecule has 2 aliphatic heterocycles. The summed E-state index contributed by atoms with van der Waals surface area (Å²) in [4.78, 5) is 193. The van der Waals surface area contributed by atoms with Gasteiger partial charge in [-0.15, -0.1) is 0 Å². The Labute approximate surface area is 535 Å². The number of thiol groups is 1. The summed E-state index contributed by atoms with van der Waals surface area (Å²) in [5, 5.41) is 48.9. The van der Waals surface area contributed by atoms with Crippen molar-refractivity contribution in [1.82, 2.24) is 52.3 Å².